The minimum atomic E-state index is -0.0501. The first kappa shape index (κ1) is 17.1. The molecule has 2 heteroatoms. The Bertz CT molecular complexity index is 461. The Kier molecular flexibility index (Phi) is 6.98. The number of para-hydroxylation sites is 1. The molecule has 22 heavy (non-hydrogen) atoms. The molecule has 0 N–H and O–H groups in total. The first-order valence-electron chi connectivity index (χ1n) is 8.73. The molecule has 2 rings (SSSR count). The standard InChI is InChI=1S/C20H30O2/c1-3-4-5-6-7-8-9-10-13-18-14-11-12-15-19(18)21-16-20(2)17-22-20/h8-9,11-12,14-15H,3-7,10,13,16-17H2,1-2H3/b9-8+. The van der Waals surface area contributed by atoms with E-state index in [1.54, 1.807) is 0 Å². The Morgan fingerprint density at radius 3 is 2.68 bits per heavy atom. The fraction of sp³-hybridized carbons (Fsp3) is 0.600. The molecule has 0 spiro atoms. The highest BCUT2D eigenvalue weighted by Crippen LogP contribution is 2.28. The van der Waals surface area contributed by atoms with Gasteiger partial charge in [-0.05, 0) is 44.2 Å². The van der Waals surface area contributed by atoms with Gasteiger partial charge in [-0.15, -0.1) is 0 Å². The molecule has 0 aliphatic carbocycles. The van der Waals surface area contributed by atoms with Gasteiger partial charge in [-0.25, -0.2) is 0 Å². The highest BCUT2D eigenvalue weighted by molar-refractivity contribution is 5.33. The minimum Gasteiger partial charge on any atom is -0.490 e. The topological polar surface area (TPSA) is 21.8 Å². The summed E-state index contributed by atoms with van der Waals surface area (Å²) >= 11 is 0. The average Bonchev–Trinajstić information content (AvgIpc) is 3.27. The van der Waals surface area contributed by atoms with Crippen molar-refractivity contribution >= 4 is 0 Å². The van der Waals surface area contributed by atoms with Crippen LogP contribution in [0.1, 0.15) is 57.9 Å². The van der Waals surface area contributed by atoms with Gasteiger partial charge in [0.2, 0.25) is 0 Å². The van der Waals surface area contributed by atoms with Crippen LogP contribution in [-0.2, 0) is 11.2 Å². The number of rotatable bonds is 11. The fourth-order valence-corrected chi connectivity index (χ4v) is 2.45. The summed E-state index contributed by atoms with van der Waals surface area (Å²) in [4.78, 5) is 0. The molecule has 1 unspecified atom stereocenters. The molecule has 0 bridgehead atoms. The zero-order valence-electron chi connectivity index (χ0n) is 14.1. The van der Waals surface area contributed by atoms with Gasteiger partial charge >= 0.3 is 0 Å². The number of hydrogen-bond donors (Lipinski definition) is 0. The average molecular weight is 302 g/mol. The van der Waals surface area contributed by atoms with Crippen molar-refractivity contribution in [1.82, 2.24) is 0 Å². The predicted octanol–water partition coefficient (Wildman–Crippen LogP) is 5.31. The van der Waals surface area contributed by atoms with E-state index in [-0.39, 0.29) is 5.60 Å². The second kappa shape index (κ2) is 8.99. The number of aryl methyl sites for hydroxylation is 1. The normalized spacial score (nSPS) is 20.5. The third-order valence-electron chi connectivity index (χ3n) is 4.11. The van der Waals surface area contributed by atoms with Crippen LogP contribution in [0, 0.1) is 0 Å². The van der Waals surface area contributed by atoms with Gasteiger partial charge in [0.05, 0.1) is 6.61 Å². The van der Waals surface area contributed by atoms with Gasteiger partial charge in [0, 0.05) is 0 Å². The minimum absolute atomic E-state index is 0.0501. The van der Waals surface area contributed by atoms with Crippen LogP contribution in [0.25, 0.3) is 0 Å². The summed E-state index contributed by atoms with van der Waals surface area (Å²) in [7, 11) is 0. The molecule has 1 aliphatic heterocycles. The molecule has 1 fully saturated rings. The van der Waals surface area contributed by atoms with E-state index >= 15 is 0 Å². The van der Waals surface area contributed by atoms with E-state index in [4.69, 9.17) is 9.47 Å². The smallest absolute Gasteiger partial charge is 0.123 e. The van der Waals surface area contributed by atoms with E-state index in [0.717, 1.165) is 25.2 Å². The summed E-state index contributed by atoms with van der Waals surface area (Å²) in [6.45, 7) is 5.81. The third kappa shape index (κ3) is 6.23. The Labute approximate surface area is 135 Å². The molecule has 1 saturated heterocycles. The van der Waals surface area contributed by atoms with Crippen LogP contribution in [0.2, 0.25) is 0 Å². The summed E-state index contributed by atoms with van der Waals surface area (Å²) in [6, 6.07) is 8.36. The molecule has 1 aromatic carbocycles. The molecule has 0 saturated carbocycles. The van der Waals surface area contributed by atoms with Gasteiger partial charge in [-0.1, -0.05) is 56.5 Å². The van der Waals surface area contributed by atoms with Crippen LogP contribution in [0.4, 0.5) is 0 Å². The second-order valence-corrected chi connectivity index (χ2v) is 6.49. The quantitative estimate of drug-likeness (QED) is 0.314. The molecule has 122 valence electrons. The Morgan fingerprint density at radius 2 is 1.91 bits per heavy atom. The van der Waals surface area contributed by atoms with E-state index in [1.165, 1.54) is 37.7 Å². The van der Waals surface area contributed by atoms with E-state index in [1.807, 2.05) is 6.07 Å². The maximum absolute atomic E-state index is 5.94. The van der Waals surface area contributed by atoms with Gasteiger partial charge < -0.3 is 9.47 Å². The summed E-state index contributed by atoms with van der Waals surface area (Å²) < 4.78 is 11.3. The number of epoxide rings is 1. The molecular weight excluding hydrogens is 272 g/mol. The molecule has 0 amide bonds. The first-order chi connectivity index (χ1) is 10.7. The molecule has 0 aromatic heterocycles. The first-order valence-corrected chi connectivity index (χ1v) is 8.73. The van der Waals surface area contributed by atoms with E-state index in [9.17, 15) is 0 Å². The largest absolute Gasteiger partial charge is 0.490 e. The van der Waals surface area contributed by atoms with E-state index in [2.05, 4.69) is 44.2 Å². The number of unbranched alkanes of at least 4 members (excludes halogenated alkanes) is 4. The van der Waals surface area contributed by atoms with Crippen molar-refractivity contribution in [1.29, 1.82) is 0 Å². The van der Waals surface area contributed by atoms with Crippen molar-refractivity contribution in [3.63, 3.8) is 0 Å². The summed E-state index contributed by atoms with van der Waals surface area (Å²) in [5, 5.41) is 0. The van der Waals surface area contributed by atoms with Gasteiger partial charge in [0.15, 0.2) is 0 Å². The predicted molar refractivity (Wildman–Crippen MR) is 92.5 cm³/mol. The second-order valence-electron chi connectivity index (χ2n) is 6.49. The SMILES string of the molecule is CCCCCC/C=C/CCc1ccccc1OCC1(C)CO1. The van der Waals surface area contributed by atoms with Crippen molar-refractivity contribution in [2.45, 2.75) is 64.4 Å². The van der Waals surface area contributed by atoms with Crippen LogP contribution in [0.5, 0.6) is 5.75 Å². The monoisotopic (exact) mass is 302 g/mol. The Balaban J connectivity index is 1.69. The van der Waals surface area contributed by atoms with Crippen LogP contribution in [0.15, 0.2) is 36.4 Å². The Hall–Kier alpha value is -1.28. The van der Waals surface area contributed by atoms with E-state index < -0.39 is 0 Å². The zero-order chi connectivity index (χ0) is 15.7. The maximum Gasteiger partial charge on any atom is 0.123 e. The van der Waals surface area contributed by atoms with Crippen LogP contribution in [0.3, 0.4) is 0 Å². The number of hydrogen-bond acceptors (Lipinski definition) is 2. The lowest BCUT2D eigenvalue weighted by molar-refractivity contribution is 0.201. The number of ether oxygens (including phenoxy) is 2. The highest BCUT2D eigenvalue weighted by atomic mass is 16.6. The molecule has 1 heterocycles. The van der Waals surface area contributed by atoms with Crippen molar-refractivity contribution in [2.24, 2.45) is 0 Å². The fourth-order valence-electron chi connectivity index (χ4n) is 2.45. The molecule has 1 aromatic rings. The summed E-state index contributed by atoms with van der Waals surface area (Å²) in [5.41, 5.74) is 1.24. The summed E-state index contributed by atoms with van der Waals surface area (Å²) in [6.07, 6.45) is 13.3. The van der Waals surface area contributed by atoms with Crippen molar-refractivity contribution < 1.29 is 9.47 Å². The Morgan fingerprint density at radius 1 is 1.14 bits per heavy atom. The van der Waals surface area contributed by atoms with Gasteiger partial charge in [-0.3, -0.25) is 0 Å². The van der Waals surface area contributed by atoms with Gasteiger partial charge in [-0.2, -0.15) is 0 Å². The lowest BCUT2D eigenvalue weighted by Gasteiger charge is -2.12. The lowest BCUT2D eigenvalue weighted by atomic mass is 10.1. The molecule has 2 nitrogen and oxygen atoms in total. The van der Waals surface area contributed by atoms with Crippen molar-refractivity contribution in [2.75, 3.05) is 13.2 Å². The van der Waals surface area contributed by atoms with Crippen LogP contribution >= 0.6 is 0 Å². The van der Waals surface area contributed by atoms with Gasteiger partial charge in [0.1, 0.15) is 18.0 Å². The molecular formula is C20H30O2. The zero-order valence-corrected chi connectivity index (χ0v) is 14.1. The van der Waals surface area contributed by atoms with Crippen LogP contribution in [-0.4, -0.2) is 18.8 Å². The lowest BCUT2D eigenvalue weighted by Crippen LogP contribution is -2.17. The maximum atomic E-state index is 5.94. The van der Waals surface area contributed by atoms with Crippen LogP contribution < -0.4 is 4.74 Å². The summed E-state index contributed by atoms with van der Waals surface area (Å²) in [5.74, 6) is 1.01. The number of allylic oxidation sites excluding steroid dienone is 2. The molecule has 1 aliphatic rings. The number of benzene rings is 1. The van der Waals surface area contributed by atoms with Crippen molar-refractivity contribution in [3.8, 4) is 5.75 Å². The highest BCUT2D eigenvalue weighted by Gasteiger charge is 2.40. The van der Waals surface area contributed by atoms with Gasteiger partial charge in [0.25, 0.3) is 0 Å². The van der Waals surface area contributed by atoms with Crippen molar-refractivity contribution in [3.05, 3.63) is 42.0 Å². The molecule has 1 atom stereocenters. The van der Waals surface area contributed by atoms with E-state index in [0.29, 0.717) is 6.61 Å². The molecule has 0 radical (unpaired) electrons. The third-order valence-corrected chi connectivity index (χ3v) is 4.11.